The van der Waals surface area contributed by atoms with Crippen molar-refractivity contribution in [1.82, 2.24) is 5.32 Å². The highest BCUT2D eigenvalue weighted by molar-refractivity contribution is 5.97. The Bertz CT molecular complexity index is 442. The molecule has 1 saturated carbocycles. The topological polar surface area (TPSA) is 90.9 Å². The first-order valence-corrected chi connectivity index (χ1v) is 6.07. The Labute approximate surface area is 106 Å². The van der Waals surface area contributed by atoms with Crippen molar-refractivity contribution in [3.8, 4) is 0 Å². The fourth-order valence-electron chi connectivity index (χ4n) is 1.94. The summed E-state index contributed by atoms with van der Waals surface area (Å²) in [6.07, 6.45) is 2.20. The van der Waals surface area contributed by atoms with Gasteiger partial charge < -0.3 is 21.4 Å². The fraction of sp³-hybridized carbons (Fsp3) is 0.462. The molecule has 98 valence electrons. The first kappa shape index (κ1) is 12.9. The third-order valence-electron chi connectivity index (χ3n) is 3.45. The number of aliphatic hydroxyl groups is 1. The van der Waals surface area contributed by atoms with Gasteiger partial charge in [0.15, 0.2) is 5.84 Å². The van der Waals surface area contributed by atoms with Crippen molar-refractivity contribution >= 4 is 5.84 Å². The lowest BCUT2D eigenvalue weighted by Crippen LogP contribution is -2.26. The predicted octanol–water partition coefficient (Wildman–Crippen LogP) is 0.643. The van der Waals surface area contributed by atoms with Gasteiger partial charge in [-0.15, -0.1) is 0 Å². The summed E-state index contributed by atoms with van der Waals surface area (Å²) >= 11 is 0. The summed E-state index contributed by atoms with van der Waals surface area (Å²) in [4.78, 5) is 0. The minimum atomic E-state index is 0.114. The van der Waals surface area contributed by atoms with Gasteiger partial charge in [-0.05, 0) is 24.5 Å². The smallest absolute Gasteiger partial charge is 0.170 e. The number of oxime groups is 1. The van der Waals surface area contributed by atoms with E-state index in [2.05, 4.69) is 10.5 Å². The van der Waals surface area contributed by atoms with Crippen LogP contribution >= 0.6 is 0 Å². The van der Waals surface area contributed by atoms with Crippen molar-refractivity contribution in [3.63, 3.8) is 0 Å². The predicted molar refractivity (Wildman–Crippen MR) is 69.4 cm³/mol. The van der Waals surface area contributed by atoms with Gasteiger partial charge in [0.05, 0.1) is 0 Å². The van der Waals surface area contributed by atoms with E-state index in [1.807, 2.05) is 18.2 Å². The third kappa shape index (κ3) is 3.00. The van der Waals surface area contributed by atoms with E-state index in [-0.39, 0.29) is 17.9 Å². The molecule has 0 aliphatic heterocycles. The summed E-state index contributed by atoms with van der Waals surface area (Å²) in [6, 6.07) is 7.55. The van der Waals surface area contributed by atoms with Gasteiger partial charge >= 0.3 is 0 Å². The standard InChI is InChI=1S/C13H19N3O2/c14-12(16-18)11-3-1-2-10(6-11)7-15-8-13(9-17)4-5-13/h1-3,6,15,17-18H,4-5,7-9H2,(H2,14,16). The molecule has 0 heterocycles. The zero-order valence-corrected chi connectivity index (χ0v) is 10.3. The average molecular weight is 249 g/mol. The lowest BCUT2D eigenvalue weighted by Gasteiger charge is -2.13. The van der Waals surface area contributed by atoms with Crippen LogP contribution in [0.1, 0.15) is 24.0 Å². The second-order valence-corrected chi connectivity index (χ2v) is 4.95. The van der Waals surface area contributed by atoms with E-state index in [1.54, 1.807) is 6.07 Å². The van der Waals surface area contributed by atoms with E-state index in [1.165, 1.54) is 0 Å². The second kappa shape index (κ2) is 5.37. The number of nitrogens with zero attached hydrogens (tertiary/aromatic N) is 1. The molecular weight excluding hydrogens is 230 g/mol. The molecular formula is C13H19N3O2. The van der Waals surface area contributed by atoms with E-state index in [4.69, 9.17) is 10.9 Å². The molecule has 0 amide bonds. The molecule has 0 atom stereocenters. The Kier molecular flexibility index (Phi) is 3.84. The molecule has 1 aliphatic rings. The Morgan fingerprint density at radius 3 is 2.83 bits per heavy atom. The fourth-order valence-corrected chi connectivity index (χ4v) is 1.94. The van der Waals surface area contributed by atoms with Crippen LogP contribution in [-0.4, -0.2) is 29.3 Å². The number of hydrogen-bond acceptors (Lipinski definition) is 4. The van der Waals surface area contributed by atoms with Gasteiger partial charge in [-0.3, -0.25) is 0 Å². The molecule has 5 heteroatoms. The highest BCUT2D eigenvalue weighted by Gasteiger charge is 2.41. The molecule has 5 N–H and O–H groups in total. The number of aliphatic hydroxyl groups excluding tert-OH is 1. The van der Waals surface area contributed by atoms with Crippen LogP contribution in [0.4, 0.5) is 0 Å². The molecule has 0 aromatic heterocycles. The molecule has 0 saturated heterocycles. The minimum absolute atomic E-state index is 0.114. The Morgan fingerprint density at radius 2 is 2.22 bits per heavy atom. The Balaban J connectivity index is 1.89. The van der Waals surface area contributed by atoms with E-state index in [0.29, 0.717) is 12.1 Å². The van der Waals surface area contributed by atoms with Gasteiger partial charge in [-0.2, -0.15) is 0 Å². The molecule has 2 rings (SSSR count). The largest absolute Gasteiger partial charge is 0.409 e. The highest BCUT2D eigenvalue weighted by atomic mass is 16.4. The lowest BCUT2D eigenvalue weighted by molar-refractivity contribution is 0.207. The molecule has 1 aromatic rings. The maximum absolute atomic E-state index is 9.20. The first-order valence-electron chi connectivity index (χ1n) is 6.07. The lowest BCUT2D eigenvalue weighted by atomic mass is 10.1. The SMILES string of the molecule is N/C(=N/O)c1cccc(CNCC2(CO)CC2)c1. The second-order valence-electron chi connectivity index (χ2n) is 4.95. The van der Waals surface area contributed by atoms with Crippen LogP contribution in [0.15, 0.2) is 29.4 Å². The molecule has 18 heavy (non-hydrogen) atoms. The van der Waals surface area contributed by atoms with E-state index >= 15 is 0 Å². The van der Waals surface area contributed by atoms with E-state index < -0.39 is 0 Å². The summed E-state index contributed by atoms with van der Waals surface area (Å²) in [7, 11) is 0. The molecule has 5 nitrogen and oxygen atoms in total. The first-order chi connectivity index (χ1) is 8.69. The maximum atomic E-state index is 9.20. The number of benzene rings is 1. The quantitative estimate of drug-likeness (QED) is 0.258. The van der Waals surface area contributed by atoms with Crippen LogP contribution < -0.4 is 11.1 Å². The van der Waals surface area contributed by atoms with Crippen molar-refractivity contribution in [2.45, 2.75) is 19.4 Å². The van der Waals surface area contributed by atoms with Gasteiger partial charge in [0.25, 0.3) is 0 Å². The van der Waals surface area contributed by atoms with Crippen LogP contribution in [0.25, 0.3) is 0 Å². The summed E-state index contributed by atoms with van der Waals surface area (Å²) in [6.45, 7) is 1.80. The minimum Gasteiger partial charge on any atom is -0.409 e. The molecule has 0 bridgehead atoms. The van der Waals surface area contributed by atoms with Crippen molar-refractivity contribution in [3.05, 3.63) is 35.4 Å². The molecule has 1 aliphatic carbocycles. The Morgan fingerprint density at radius 1 is 1.44 bits per heavy atom. The number of rotatable bonds is 6. The summed E-state index contributed by atoms with van der Waals surface area (Å²) in [5.74, 6) is 0.117. The summed E-state index contributed by atoms with van der Waals surface area (Å²) < 4.78 is 0. The molecule has 1 aromatic carbocycles. The van der Waals surface area contributed by atoms with Crippen LogP contribution in [0, 0.1) is 5.41 Å². The maximum Gasteiger partial charge on any atom is 0.170 e. The van der Waals surface area contributed by atoms with Crippen LogP contribution in [0.5, 0.6) is 0 Å². The average Bonchev–Trinajstić information content (AvgIpc) is 3.19. The van der Waals surface area contributed by atoms with Gasteiger partial charge in [0, 0.05) is 30.7 Å². The molecule has 1 fully saturated rings. The van der Waals surface area contributed by atoms with Crippen molar-refractivity contribution < 1.29 is 10.3 Å². The zero-order valence-electron chi connectivity index (χ0n) is 10.3. The van der Waals surface area contributed by atoms with Gasteiger partial charge in [0.1, 0.15) is 0 Å². The van der Waals surface area contributed by atoms with Crippen molar-refractivity contribution in [2.75, 3.05) is 13.2 Å². The van der Waals surface area contributed by atoms with Gasteiger partial charge in [0.2, 0.25) is 0 Å². The van der Waals surface area contributed by atoms with Gasteiger partial charge in [-0.1, -0.05) is 23.4 Å². The van der Waals surface area contributed by atoms with Crippen molar-refractivity contribution in [2.24, 2.45) is 16.3 Å². The normalized spacial score (nSPS) is 17.7. The van der Waals surface area contributed by atoms with Crippen LogP contribution in [0.3, 0.4) is 0 Å². The summed E-state index contributed by atoms with van der Waals surface area (Å²) in [5.41, 5.74) is 7.44. The molecule has 0 unspecified atom stereocenters. The van der Waals surface area contributed by atoms with E-state index in [0.717, 1.165) is 24.9 Å². The highest BCUT2D eigenvalue weighted by Crippen LogP contribution is 2.44. The van der Waals surface area contributed by atoms with Crippen molar-refractivity contribution in [1.29, 1.82) is 0 Å². The van der Waals surface area contributed by atoms with Crippen LogP contribution in [0.2, 0.25) is 0 Å². The number of hydrogen-bond donors (Lipinski definition) is 4. The molecule has 0 spiro atoms. The summed E-state index contributed by atoms with van der Waals surface area (Å²) in [5, 5.41) is 24.1. The number of amidine groups is 1. The zero-order chi connectivity index (χ0) is 13.0. The third-order valence-corrected chi connectivity index (χ3v) is 3.45. The number of nitrogens with two attached hydrogens (primary N) is 1. The number of nitrogens with one attached hydrogen (secondary N) is 1. The van der Waals surface area contributed by atoms with Gasteiger partial charge in [-0.25, -0.2) is 0 Å². The molecule has 0 radical (unpaired) electrons. The van der Waals surface area contributed by atoms with Crippen LogP contribution in [-0.2, 0) is 6.54 Å². The monoisotopic (exact) mass is 249 g/mol. The Hall–Kier alpha value is -1.59. The van der Waals surface area contributed by atoms with E-state index in [9.17, 15) is 5.11 Å².